The van der Waals surface area contributed by atoms with Gasteiger partial charge in [0.2, 0.25) is 0 Å². The largest absolute Gasteiger partial charge is 0.481 e. The van der Waals surface area contributed by atoms with Crippen molar-refractivity contribution in [3.05, 3.63) is 33.8 Å². The molecule has 3 rings (SSSR count). The highest BCUT2D eigenvalue weighted by atomic mass is 79.9. The minimum atomic E-state index is -0.706. The number of fused-ring (bicyclic) bond motifs is 1. The van der Waals surface area contributed by atoms with Crippen molar-refractivity contribution in [1.82, 2.24) is 4.90 Å². The first-order valence-electron chi connectivity index (χ1n) is 6.89. The number of carboxylic acid groups (broad SMARTS) is 1. The molecule has 4 nitrogen and oxygen atoms in total. The molecule has 1 aliphatic heterocycles. The quantitative estimate of drug-likeness (QED) is 0.902. The second-order valence-electron chi connectivity index (χ2n) is 5.54. The molecule has 1 heterocycles. The van der Waals surface area contributed by atoms with Gasteiger partial charge in [0.05, 0.1) is 5.92 Å². The molecule has 0 atom stereocenters. The molecule has 0 aromatic heterocycles. The normalized spacial score (nSPS) is 25.6. The summed E-state index contributed by atoms with van der Waals surface area (Å²) in [6.07, 6.45) is 2.91. The standard InChI is InChI=1S/C15H16BrNO3/c16-13-3-1-2-11-12(13)8-17(14(11)18)10-6-4-9(5-7-10)15(19)20/h1-3,9-10H,4-8H2,(H,19,20). The van der Waals surface area contributed by atoms with Crippen LogP contribution in [0, 0.1) is 5.92 Å². The topological polar surface area (TPSA) is 57.6 Å². The third kappa shape index (κ3) is 2.24. The monoisotopic (exact) mass is 337 g/mol. The number of nitrogens with zero attached hydrogens (tertiary/aromatic N) is 1. The van der Waals surface area contributed by atoms with Gasteiger partial charge in [0.1, 0.15) is 0 Å². The van der Waals surface area contributed by atoms with Crippen LogP contribution in [0.4, 0.5) is 0 Å². The Morgan fingerprint density at radius 3 is 2.55 bits per heavy atom. The first kappa shape index (κ1) is 13.6. The Morgan fingerprint density at radius 2 is 1.95 bits per heavy atom. The van der Waals surface area contributed by atoms with Crippen molar-refractivity contribution in [2.45, 2.75) is 38.3 Å². The molecular weight excluding hydrogens is 322 g/mol. The number of rotatable bonds is 2. The van der Waals surface area contributed by atoms with Crippen LogP contribution < -0.4 is 0 Å². The van der Waals surface area contributed by atoms with Crippen LogP contribution in [0.1, 0.15) is 41.6 Å². The van der Waals surface area contributed by atoms with E-state index in [1.165, 1.54) is 0 Å². The molecule has 1 aromatic carbocycles. The van der Waals surface area contributed by atoms with E-state index in [0.717, 1.165) is 28.4 Å². The molecule has 1 amide bonds. The molecule has 0 radical (unpaired) electrons. The van der Waals surface area contributed by atoms with Gasteiger partial charge >= 0.3 is 5.97 Å². The Morgan fingerprint density at radius 1 is 1.25 bits per heavy atom. The van der Waals surface area contributed by atoms with Crippen molar-refractivity contribution in [3.63, 3.8) is 0 Å². The first-order valence-corrected chi connectivity index (χ1v) is 7.68. The number of halogens is 1. The lowest BCUT2D eigenvalue weighted by molar-refractivity contribution is -0.143. The molecule has 5 heteroatoms. The zero-order chi connectivity index (χ0) is 14.3. The van der Waals surface area contributed by atoms with E-state index in [4.69, 9.17) is 5.11 Å². The van der Waals surface area contributed by atoms with E-state index in [1.807, 2.05) is 23.1 Å². The number of hydrogen-bond donors (Lipinski definition) is 1. The summed E-state index contributed by atoms with van der Waals surface area (Å²) < 4.78 is 0.977. The second kappa shape index (κ2) is 5.20. The van der Waals surface area contributed by atoms with Gasteiger partial charge in [0.15, 0.2) is 0 Å². The van der Waals surface area contributed by atoms with Gasteiger partial charge < -0.3 is 10.0 Å². The van der Waals surface area contributed by atoms with Gasteiger partial charge in [-0.05, 0) is 43.4 Å². The van der Waals surface area contributed by atoms with Crippen LogP contribution in [-0.4, -0.2) is 27.9 Å². The van der Waals surface area contributed by atoms with Crippen LogP contribution in [0.5, 0.6) is 0 Å². The van der Waals surface area contributed by atoms with Crippen LogP contribution in [0.15, 0.2) is 22.7 Å². The van der Waals surface area contributed by atoms with Gasteiger partial charge in [-0.25, -0.2) is 0 Å². The summed E-state index contributed by atoms with van der Waals surface area (Å²) in [4.78, 5) is 25.3. The molecule has 1 N–H and O–H groups in total. The minimum Gasteiger partial charge on any atom is -0.481 e. The fourth-order valence-corrected chi connectivity index (χ4v) is 3.74. The fraction of sp³-hybridized carbons (Fsp3) is 0.467. The molecule has 0 spiro atoms. The third-order valence-electron chi connectivity index (χ3n) is 4.43. The van der Waals surface area contributed by atoms with Crippen LogP contribution in [0.3, 0.4) is 0 Å². The van der Waals surface area contributed by atoms with E-state index >= 15 is 0 Å². The van der Waals surface area contributed by atoms with Gasteiger partial charge in [-0.2, -0.15) is 0 Å². The van der Waals surface area contributed by atoms with Gasteiger partial charge in [0.25, 0.3) is 5.91 Å². The number of carbonyl (C=O) groups excluding carboxylic acids is 1. The summed E-state index contributed by atoms with van der Waals surface area (Å²) in [5.41, 5.74) is 1.83. The molecule has 106 valence electrons. The fourth-order valence-electron chi connectivity index (χ4n) is 3.25. The Labute approximate surface area is 125 Å². The lowest BCUT2D eigenvalue weighted by Gasteiger charge is -2.33. The number of hydrogen-bond acceptors (Lipinski definition) is 2. The summed E-state index contributed by atoms with van der Waals surface area (Å²) in [5, 5.41) is 9.03. The lowest BCUT2D eigenvalue weighted by Crippen LogP contribution is -2.39. The molecule has 0 unspecified atom stereocenters. The van der Waals surface area contributed by atoms with E-state index in [0.29, 0.717) is 19.4 Å². The predicted molar refractivity (Wildman–Crippen MR) is 77.4 cm³/mol. The zero-order valence-corrected chi connectivity index (χ0v) is 12.6. The molecule has 0 saturated heterocycles. The summed E-state index contributed by atoms with van der Waals surface area (Å²) in [7, 11) is 0. The maximum absolute atomic E-state index is 12.5. The second-order valence-corrected chi connectivity index (χ2v) is 6.40. The summed E-state index contributed by atoms with van der Waals surface area (Å²) in [6, 6.07) is 5.88. The smallest absolute Gasteiger partial charge is 0.306 e. The average Bonchev–Trinajstić information content (AvgIpc) is 2.78. The number of aliphatic carboxylic acids is 1. The summed E-state index contributed by atoms with van der Waals surface area (Å²) in [6.45, 7) is 0.637. The summed E-state index contributed by atoms with van der Waals surface area (Å²) >= 11 is 3.50. The first-order chi connectivity index (χ1) is 9.58. The molecule has 1 saturated carbocycles. The molecule has 0 bridgehead atoms. The number of carboxylic acids is 1. The molecule has 20 heavy (non-hydrogen) atoms. The number of amides is 1. The van der Waals surface area contributed by atoms with E-state index in [9.17, 15) is 9.59 Å². The highest BCUT2D eigenvalue weighted by Crippen LogP contribution is 2.35. The molecule has 1 fully saturated rings. The minimum absolute atomic E-state index is 0.0834. The molecule has 2 aliphatic rings. The number of benzene rings is 1. The van der Waals surface area contributed by atoms with E-state index in [1.54, 1.807) is 0 Å². The van der Waals surface area contributed by atoms with Crippen molar-refractivity contribution >= 4 is 27.8 Å². The Balaban J connectivity index is 1.74. The van der Waals surface area contributed by atoms with Gasteiger partial charge in [-0.15, -0.1) is 0 Å². The van der Waals surface area contributed by atoms with E-state index in [2.05, 4.69) is 15.9 Å². The Kier molecular flexibility index (Phi) is 3.54. The van der Waals surface area contributed by atoms with Crippen LogP contribution >= 0.6 is 15.9 Å². The van der Waals surface area contributed by atoms with Crippen LogP contribution in [-0.2, 0) is 11.3 Å². The van der Waals surface area contributed by atoms with Gasteiger partial charge in [-0.3, -0.25) is 9.59 Å². The Hall–Kier alpha value is -1.36. The molecular formula is C15H16BrNO3. The third-order valence-corrected chi connectivity index (χ3v) is 5.17. The van der Waals surface area contributed by atoms with Gasteiger partial charge in [0, 0.05) is 22.6 Å². The van der Waals surface area contributed by atoms with Crippen molar-refractivity contribution in [2.75, 3.05) is 0 Å². The van der Waals surface area contributed by atoms with Crippen molar-refractivity contribution in [3.8, 4) is 0 Å². The van der Waals surface area contributed by atoms with Gasteiger partial charge in [-0.1, -0.05) is 22.0 Å². The zero-order valence-electron chi connectivity index (χ0n) is 11.0. The van der Waals surface area contributed by atoms with Crippen LogP contribution in [0.25, 0.3) is 0 Å². The van der Waals surface area contributed by atoms with Crippen molar-refractivity contribution in [2.24, 2.45) is 5.92 Å². The lowest BCUT2D eigenvalue weighted by atomic mass is 9.85. The van der Waals surface area contributed by atoms with E-state index < -0.39 is 5.97 Å². The maximum Gasteiger partial charge on any atom is 0.306 e. The highest BCUT2D eigenvalue weighted by Gasteiger charge is 2.36. The van der Waals surface area contributed by atoms with Crippen molar-refractivity contribution in [1.29, 1.82) is 0 Å². The highest BCUT2D eigenvalue weighted by molar-refractivity contribution is 9.10. The maximum atomic E-state index is 12.5. The molecule has 1 aromatic rings. The molecule has 1 aliphatic carbocycles. The SMILES string of the molecule is O=C(O)C1CCC(N2Cc3c(Br)cccc3C2=O)CC1. The van der Waals surface area contributed by atoms with Crippen molar-refractivity contribution < 1.29 is 14.7 Å². The predicted octanol–water partition coefficient (Wildman–Crippen LogP) is 3.05. The summed E-state index contributed by atoms with van der Waals surface area (Å²) in [5.74, 6) is -0.861. The number of carbonyl (C=O) groups is 2. The Bertz CT molecular complexity index is 564. The van der Waals surface area contributed by atoms with Crippen LogP contribution in [0.2, 0.25) is 0 Å². The van der Waals surface area contributed by atoms with E-state index in [-0.39, 0.29) is 17.9 Å². The average molecular weight is 338 g/mol.